The summed E-state index contributed by atoms with van der Waals surface area (Å²) in [6, 6.07) is 0. The van der Waals surface area contributed by atoms with Gasteiger partial charge in [-0.2, -0.15) is 6.92 Å². The van der Waals surface area contributed by atoms with E-state index in [0.29, 0.717) is 0 Å². The molecule has 19 valence electrons. The van der Waals surface area contributed by atoms with Crippen LogP contribution in [0.4, 0.5) is 0 Å². The number of rotatable bonds is 0. The monoisotopic (exact) mass is 128 g/mol. The molecule has 0 saturated carbocycles. The maximum absolute atomic E-state index is 4.49. The van der Waals surface area contributed by atoms with Crippen LogP contribution in [0.25, 0.3) is 0 Å². The summed E-state index contributed by atoms with van der Waals surface area (Å²) in [5, 5.41) is 0. The third kappa shape index (κ3) is 20.9. The molecule has 0 aliphatic heterocycles. The van der Waals surface area contributed by atoms with Crippen molar-refractivity contribution in [2.24, 2.45) is 0 Å². The van der Waals surface area contributed by atoms with Gasteiger partial charge in [0, 0.05) is 32.7 Å². The Bertz CT molecular complexity index is 24.8. The van der Waals surface area contributed by atoms with E-state index in [2.05, 4.69) is 13.3 Å². The Balaban J connectivity index is 0. The van der Waals surface area contributed by atoms with Gasteiger partial charge in [0.25, 0.3) is 0 Å². The van der Waals surface area contributed by atoms with Crippen molar-refractivity contribution in [3.63, 3.8) is 0 Å². The SMILES string of the molecule is C#C[CH2-].[Y]. The summed E-state index contributed by atoms with van der Waals surface area (Å²) >= 11 is 0. The molecule has 0 aliphatic carbocycles. The molecule has 0 spiro atoms. The van der Waals surface area contributed by atoms with Gasteiger partial charge in [-0.1, -0.05) is 0 Å². The molecular formula is C3H3Y-. The van der Waals surface area contributed by atoms with Crippen LogP contribution in [0, 0.1) is 19.3 Å². The van der Waals surface area contributed by atoms with E-state index < -0.39 is 0 Å². The molecule has 0 heterocycles. The van der Waals surface area contributed by atoms with Gasteiger partial charge in [-0.3, -0.25) is 0 Å². The molecule has 4 heavy (non-hydrogen) atoms. The van der Waals surface area contributed by atoms with E-state index in [1.54, 1.807) is 0 Å². The van der Waals surface area contributed by atoms with Gasteiger partial charge in [-0.05, 0) is 0 Å². The van der Waals surface area contributed by atoms with Crippen molar-refractivity contribution in [1.29, 1.82) is 0 Å². The summed E-state index contributed by atoms with van der Waals surface area (Å²) in [4.78, 5) is 0. The maximum atomic E-state index is 4.49. The van der Waals surface area contributed by atoms with E-state index in [4.69, 9.17) is 0 Å². The Hall–Kier alpha value is 0.534. The van der Waals surface area contributed by atoms with Gasteiger partial charge in [0.05, 0.1) is 0 Å². The van der Waals surface area contributed by atoms with Gasteiger partial charge < -0.3 is 12.3 Å². The minimum Gasteiger partial charge on any atom is -0.345 e. The second-order valence-electron chi connectivity index (χ2n) is 0.204. The molecule has 0 atom stereocenters. The Morgan fingerprint density at radius 2 is 1.75 bits per heavy atom. The van der Waals surface area contributed by atoms with Crippen LogP contribution in [0.15, 0.2) is 0 Å². The largest absolute Gasteiger partial charge is 0.345 e. The normalized spacial score (nSPS) is 1.75. The smallest absolute Gasteiger partial charge is 0 e. The number of hydrogen-bond acceptors (Lipinski definition) is 0. The third-order valence-electron chi connectivity index (χ3n) is 0. The van der Waals surface area contributed by atoms with Crippen molar-refractivity contribution in [3.8, 4) is 12.3 Å². The van der Waals surface area contributed by atoms with Gasteiger partial charge in [-0.25, -0.2) is 0 Å². The average Bonchev–Trinajstić information content (AvgIpc) is 0.918. The van der Waals surface area contributed by atoms with Gasteiger partial charge >= 0.3 is 0 Å². The molecule has 0 nitrogen and oxygen atoms in total. The standard InChI is InChI=1S/C3H3.Y/c1-3-2;/h1H,2H2;/q-1;. The van der Waals surface area contributed by atoms with E-state index >= 15 is 0 Å². The maximum Gasteiger partial charge on any atom is 0 e. The van der Waals surface area contributed by atoms with Crippen molar-refractivity contribution >= 4 is 0 Å². The average molecular weight is 128 g/mol. The van der Waals surface area contributed by atoms with Gasteiger partial charge in [0.15, 0.2) is 0 Å². The predicted octanol–water partition coefficient (Wildman–Crippen LogP) is 0.451. The number of hydrogen-bond donors (Lipinski definition) is 0. The molecule has 0 aromatic rings. The zero-order valence-corrected chi connectivity index (χ0v) is 5.20. The molecular weight excluding hydrogens is 125 g/mol. The van der Waals surface area contributed by atoms with Crippen LogP contribution in [0.3, 0.4) is 0 Å². The summed E-state index contributed by atoms with van der Waals surface area (Å²) in [5.41, 5.74) is 0. The Morgan fingerprint density at radius 3 is 1.75 bits per heavy atom. The van der Waals surface area contributed by atoms with Crippen molar-refractivity contribution in [3.05, 3.63) is 6.92 Å². The molecule has 1 heteroatoms. The van der Waals surface area contributed by atoms with Crippen LogP contribution < -0.4 is 0 Å². The van der Waals surface area contributed by atoms with Crippen LogP contribution in [-0.2, 0) is 32.7 Å². The first-order valence-electron chi connectivity index (χ1n) is 0.642. The molecule has 0 unspecified atom stereocenters. The first-order valence-corrected chi connectivity index (χ1v) is 0.642. The van der Waals surface area contributed by atoms with E-state index in [9.17, 15) is 0 Å². The molecule has 0 amide bonds. The Kier molecular flexibility index (Phi) is 21.3. The minimum absolute atomic E-state index is 0. The molecule has 0 aliphatic rings. The molecule has 0 aromatic heterocycles. The van der Waals surface area contributed by atoms with Crippen LogP contribution in [0.5, 0.6) is 0 Å². The van der Waals surface area contributed by atoms with Crippen molar-refractivity contribution < 1.29 is 32.7 Å². The van der Waals surface area contributed by atoms with Crippen LogP contribution in [0.1, 0.15) is 0 Å². The van der Waals surface area contributed by atoms with Crippen molar-refractivity contribution in [1.82, 2.24) is 0 Å². The molecule has 1 radical (unpaired) electrons. The summed E-state index contributed by atoms with van der Waals surface area (Å²) in [6.07, 6.45) is 4.49. The zero-order chi connectivity index (χ0) is 2.71. The van der Waals surface area contributed by atoms with Crippen molar-refractivity contribution in [2.45, 2.75) is 0 Å². The van der Waals surface area contributed by atoms with E-state index in [-0.39, 0.29) is 32.7 Å². The van der Waals surface area contributed by atoms with Crippen LogP contribution in [-0.4, -0.2) is 0 Å². The quantitative estimate of drug-likeness (QED) is 0.328. The molecule has 0 bridgehead atoms. The zero-order valence-electron chi connectivity index (χ0n) is 2.36. The van der Waals surface area contributed by atoms with Crippen LogP contribution in [0.2, 0.25) is 0 Å². The van der Waals surface area contributed by atoms with Gasteiger partial charge in [0.2, 0.25) is 0 Å². The summed E-state index contributed by atoms with van der Waals surface area (Å²) in [7, 11) is 0. The predicted molar refractivity (Wildman–Crippen MR) is 14.2 cm³/mol. The topological polar surface area (TPSA) is 0 Å². The third-order valence-corrected chi connectivity index (χ3v) is 0. The second kappa shape index (κ2) is 9.64. The first-order chi connectivity index (χ1) is 1.41. The fourth-order valence-corrected chi connectivity index (χ4v) is 0. The van der Waals surface area contributed by atoms with E-state index in [0.717, 1.165) is 0 Å². The first kappa shape index (κ1) is 8.82. The fraction of sp³-hybridized carbons (Fsp3) is 0. The Labute approximate surface area is 51.9 Å². The molecule has 0 N–H and O–H groups in total. The molecule has 0 aromatic carbocycles. The minimum atomic E-state index is 0. The molecule has 0 saturated heterocycles. The summed E-state index contributed by atoms with van der Waals surface area (Å²) in [6.45, 7) is 3.01. The fourth-order valence-electron chi connectivity index (χ4n) is 0. The van der Waals surface area contributed by atoms with E-state index in [1.165, 1.54) is 0 Å². The molecule has 0 fully saturated rings. The Morgan fingerprint density at radius 1 is 1.75 bits per heavy atom. The van der Waals surface area contributed by atoms with Crippen LogP contribution >= 0.6 is 0 Å². The number of terminal acetylenes is 1. The van der Waals surface area contributed by atoms with E-state index in [1.807, 2.05) is 5.92 Å². The van der Waals surface area contributed by atoms with Gasteiger partial charge in [-0.15, -0.1) is 0 Å². The van der Waals surface area contributed by atoms with Crippen molar-refractivity contribution in [2.75, 3.05) is 0 Å². The molecule has 0 rings (SSSR count). The summed E-state index contributed by atoms with van der Waals surface area (Å²) in [5.74, 6) is 2.00. The summed E-state index contributed by atoms with van der Waals surface area (Å²) < 4.78 is 0. The second-order valence-corrected chi connectivity index (χ2v) is 0.204. The van der Waals surface area contributed by atoms with Gasteiger partial charge in [0.1, 0.15) is 0 Å².